The van der Waals surface area contributed by atoms with E-state index in [0.29, 0.717) is 22.7 Å². The Hall–Kier alpha value is -3.79. The third kappa shape index (κ3) is 5.04. The molecule has 0 saturated carbocycles. The molecule has 0 saturated heterocycles. The molecule has 0 spiro atoms. The van der Waals surface area contributed by atoms with Crippen LogP contribution in [-0.4, -0.2) is 39.8 Å². The van der Waals surface area contributed by atoms with Crippen molar-refractivity contribution in [1.29, 1.82) is 0 Å². The van der Waals surface area contributed by atoms with Gasteiger partial charge in [-0.15, -0.1) is 10.2 Å². The highest BCUT2D eigenvalue weighted by molar-refractivity contribution is 9.10. The molecular formula is C21H17BrN6O3. The van der Waals surface area contributed by atoms with Crippen LogP contribution in [0.5, 0.6) is 11.5 Å². The van der Waals surface area contributed by atoms with Crippen molar-refractivity contribution >= 4 is 38.7 Å². The van der Waals surface area contributed by atoms with E-state index in [1.807, 2.05) is 30.3 Å². The van der Waals surface area contributed by atoms with Crippen LogP contribution < -0.4 is 20.3 Å². The first-order chi connectivity index (χ1) is 15.1. The lowest BCUT2D eigenvalue weighted by molar-refractivity contribution is -0.122. The van der Waals surface area contributed by atoms with Gasteiger partial charge in [0.25, 0.3) is 11.9 Å². The number of fused-ring (bicyclic) bond motifs is 1. The Morgan fingerprint density at radius 2 is 1.90 bits per heavy atom. The molecule has 2 aromatic carbocycles. The molecule has 0 radical (unpaired) electrons. The number of carbonyl (C=O) groups is 1. The number of pyridine rings is 1. The van der Waals surface area contributed by atoms with E-state index in [9.17, 15) is 4.79 Å². The Kier molecular flexibility index (Phi) is 6.18. The topological polar surface area (TPSA) is 111 Å². The normalized spacial score (nSPS) is 10.5. The molecule has 9 nitrogen and oxygen atoms in total. The number of hydrogen-bond donors (Lipinski definition) is 2. The lowest BCUT2D eigenvalue weighted by Gasteiger charge is -2.10. The SMILES string of the molecule is COc1ccc2c(OCC(=O)NNc3ncc(-c4ccc(Br)cc4)nn3)ccnc2c1. The second-order valence-electron chi connectivity index (χ2n) is 6.33. The summed E-state index contributed by atoms with van der Waals surface area (Å²) in [5, 5.41) is 8.85. The first-order valence-corrected chi connectivity index (χ1v) is 9.98. The van der Waals surface area contributed by atoms with Gasteiger partial charge < -0.3 is 9.47 Å². The number of halogens is 1. The van der Waals surface area contributed by atoms with E-state index in [2.05, 4.69) is 46.9 Å². The Labute approximate surface area is 185 Å². The van der Waals surface area contributed by atoms with Crippen LogP contribution in [0.25, 0.3) is 22.2 Å². The first kappa shape index (κ1) is 20.5. The number of nitrogens with one attached hydrogen (secondary N) is 2. The molecule has 156 valence electrons. The van der Waals surface area contributed by atoms with Gasteiger partial charge in [0.1, 0.15) is 17.2 Å². The van der Waals surface area contributed by atoms with Crippen LogP contribution in [0.3, 0.4) is 0 Å². The average molecular weight is 481 g/mol. The van der Waals surface area contributed by atoms with Gasteiger partial charge in [0, 0.05) is 27.7 Å². The van der Waals surface area contributed by atoms with Crippen molar-refractivity contribution in [3.05, 3.63) is 65.4 Å². The molecule has 2 aromatic heterocycles. The van der Waals surface area contributed by atoms with Crippen molar-refractivity contribution < 1.29 is 14.3 Å². The number of amides is 1. The highest BCUT2D eigenvalue weighted by Crippen LogP contribution is 2.27. The fourth-order valence-electron chi connectivity index (χ4n) is 2.74. The minimum Gasteiger partial charge on any atom is -0.497 e. The number of aromatic nitrogens is 4. The number of rotatable bonds is 7. The lowest BCUT2D eigenvalue weighted by Crippen LogP contribution is -2.34. The fraction of sp³-hybridized carbons (Fsp3) is 0.0952. The predicted molar refractivity (Wildman–Crippen MR) is 119 cm³/mol. The van der Waals surface area contributed by atoms with Crippen molar-refractivity contribution in [1.82, 2.24) is 25.6 Å². The molecule has 4 rings (SSSR count). The Balaban J connectivity index is 1.32. The maximum Gasteiger partial charge on any atom is 0.276 e. The molecule has 1 amide bonds. The van der Waals surface area contributed by atoms with Gasteiger partial charge in [-0.3, -0.25) is 20.6 Å². The summed E-state index contributed by atoms with van der Waals surface area (Å²) >= 11 is 3.39. The first-order valence-electron chi connectivity index (χ1n) is 9.18. The molecule has 31 heavy (non-hydrogen) atoms. The second kappa shape index (κ2) is 9.35. The monoisotopic (exact) mass is 480 g/mol. The van der Waals surface area contributed by atoms with Gasteiger partial charge in [-0.05, 0) is 30.3 Å². The number of carbonyl (C=O) groups excluding carboxylic acids is 1. The molecular weight excluding hydrogens is 464 g/mol. The van der Waals surface area contributed by atoms with Crippen LogP contribution in [0.1, 0.15) is 0 Å². The van der Waals surface area contributed by atoms with Gasteiger partial charge in [0.05, 0.1) is 18.8 Å². The quantitative estimate of drug-likeness (QED) is 0.387. The zero-order chi connectivity index (χ0) is 21.6. The van der Waals surface area contributed by atoms with Gasteiger partial charge in [-0.1, -0.05) is 28.1 Å². The van der Waals surface area contributed by atoms with E-state index in [0.717, 1.165) is 15.4 Å². The molecule has 0 fully saturated rings. The van der Waals surface area contributed by atoms with Crippen molar-refractivity contribution in [3.63, 3.8) is 0 Å². The summed E-state index contributed by atoms with van der Waals surface area (Å²) < 4.78 is 11.8. The molecule has 2 N–H and O–H groups in total. The lowest BCUT2D eigenvalue weighted by atomic mass is 10.2. The summed E-state index contributed by atoms with van der Waals surface area (Å²) in [6.45, 7) is -0.206. The standard InChI is InChI=1S/C21H17BrN6O3/c1-30-15-6-7-16-17(10-15)23-9-8-19(16)31-12-20(29)26-28-21-24-11-18(25-27-21)13-2-4-14(22)5-3-13/h2-11H,12H2,1H3,(H,26,29)(H,24,27,28). The van der Waals surface area contributed by atoms with E-state index >= 15 is 0 Å². The third-order valence-electron chi connectivity index (χ3n) is 4.28. The number of methoxy groups -OCH3 is 1. The largest absolute Gasteiger partial charge is 0.497 e. The van der Waals surface area contributed by atoms with Crippen LogP contribution >= 0.6 is 15.9 Å². The van der Waals surface area contributed by atoms with E-state index in [1.165, 1.54) is 0 Å². The van der Waals surface area contributed by atoms with Gasteiger partial charge in [-0.2, -0.15) is 0 Å². The maximum atomic E-state index is 12.1. The minimum atomic E-state index is -0.404. The van der Waals surface area contributed by atoms with Crippen molar-refractivity contribution in [2.24, 2.45) is 0 Å². The van der Waals surface area contributed by atoms with Crippen molar-refractivity contribution in [3.8, 4) is 22.8 Å². The van der Waals surface area contributed by atoms with Gasteiger partial charge in [-0.25, -0.2) is 4.98 Å². The van der Waals surface area contributed by atoms with E-state index in [-0.39, 0.29) is 12.6 Å². The summed E-state index contributed by atoms with van der Waals surface area (Å²) in [6, 6.07) is 14.8. The zero-order valence-electron chi connectivity index (χ0n) is 16.4. The van der Waals surface area contributed by atoms with Crippen LogP contribution in [0, 0.1) is 0 Å². The number of anilines is 1. The van der Waals surface area contributed by atoms with Crippen LogP contribution in [0.2, 0.25) is 0 Å². The third-order valence-corrected chi connectivity index (χ3v) is 4.81. The molecule has 10 heteroatoms. The second-order valence-corrected chi connectivity index (χ2v) is 7.24. The number of hydrogen-bond acceptors (Lipinski definition) is 8. The summed E-state index contributed by atoms with van der Waals surface area (Å²) in [6.07, 6.45) is 3.18. The van der Waals surface area contributed by atoms with E-state index < -0.39 is 5.91 Å². The zero-order valence-corrected chi connectivity index (χ0v) is 18.0. The van der Waals surface area contributed by atoms with Gasteiger partial charge >= 0.3 is 0 Å². The van der Waals surface area contributed by atoms with Gasteiger partial charge in [0.2, 0.25) is 0 Å². The highest BCUT2D eigenvalue weighted by Gasteiger charge is 2.09. The Bertz CT molecular complexity index is 1200. The molecule has 0 atom stereocenters. The van der Waals surface area contributed by atoms with Crippen LogP contribution in [-0.2, 0) is 4.79 Å². The maximum absolute atomic E-state index is 12.1. The molecule has 0 aliphatic carbocycles. The Morgan fingerprint density at radius 3 is 2.65 bits per heavy atom. The molecule has 2 heterocycles. The molecule has 0 bridgehead atoms. The Morgan fingerprint density at radius 1 is 1.06 bits per heavy atom. The van der Waals surface area contributed by atoms with Crippen LogP contribution in [0.4, 0.5) is 5.95 Å². The minimum absolute atomic E-state index is 0.163. The number of nitrogens with zero attached hydrogens (tertiary/aromatic N) is 4. The molecule has 0 unspecified atom stereocenters. The van der Waals surface area contributed by atoms with E-state index in [4.69, 9.17) is 9.47 Å². The molecule has 0 aliphatic heterocycles. The summed E-state index contributed by atoms with van der Waals surface area (Å²) in [5.41, 5.74) is 7.31. The number of ether oxygens (including phenoxy) is 2. The number of benzene rings is 2. The van der Waals surface area contributed by atoms with Crippen molar-refractivity contribution in [2.45, 2.75) is 0 Å². The highest BCUT2D eigenvalue weighted by atomic mass is 79.9. The summed E-state index contributed by atoms with van der Waals surface area (Å²) in [5.74, 6) is 0.994. The van der Waals surface area contributed by atoms with Crippen molar-refractivity contribution in [2.75, 3.05) is 19.1 Å². The average Bonchev–Trinajstić information content (AvgIpc) is 2.81. The number of hydrazine groups is 1. The van der Waals surface area contributed by atoms with E-state index in [1.54, 1.807) is 37.7 Å². The molecule has 0 aliphatic rings. The van der Waals surface area contributed by atoms with Gasteiger partial charge in [0.15, 0.2) is 6.61 Å². The molecule has 4 aromatic rings. The summed E-state index contributed by atoms with van der Waals surface area (Å²) in [4.78, 5) is 20.6. The van der Waals surface area contributed by atoms with Crippen LogP contribution in [0.15, 0.2) is 65.4 Å². The predicted octanol–water partition coefficient (Wildman–Crippen LogP) is 3.38. The fourth-order valence-corrected chi connectivity index (χ4v) is 3.01. The summed E-state index contributed by atoms with van der Waals surface area (Å²) in [7, 11) is 1.59. The smallest absolute Gasteiger partial charge is 0.276 e.